The van der Waals surface area contributed by atoms with E-state index < -0.39 is 0 Å². The summed E-state index contributed by atoms with van der Waals surface area (Å²) in [7, 11) is 0. The molecule has 0 aromatic heterocycles. The molecular weight excluding hydrogens is 605 g/mol. The number of hydrogen-bond donors (Lipinski definition) is 0. The molecule has 0 N–H and O–H groups in total. The molecule has 7 aromatic rings. The fourth-order valence-electron chi connectivity index (χ4n) is 6.57. The Labute approximate surface area is 297 Å². The van der Waals surface area contributed by atoms with Gasteiger partial charge in [-0.25, -0.2) is 0 Å². The highest BCUT2D eigenvalue weighted by atomic mass is 15.1. The Morgan fingerprint density at radius 3 is 0.900 bits per heavy atom. The summed E-state index contributed by atoms with van der Waals surface area (Å²) in [6.07, 6.45) is 2.02. The Kier molecular flexibility index (Phi) is 9.62. The lowest BCUT2D eigenvalue weighted by molar-refractivity contribution is 1.13. The molecule has 0 aliphatic carbocycles. The van der Waals surface area contributed by atoms with Gasteiger partial charge in [0.05, 0.1) is 0 Å². The highest BCUT2D eigenvalue weighted by Gasteiger charge is 2.15. The van der Waals surface area contributed by atoms with Crippen LogP contribution in [0, 0.1) is 13.8 Å². The lowest BCUT2D eigenvalue weighted by Gasteiger charge is -2.26. The van der Waals surface area contributed by atoms with Gasteiger partial charge >= 0.3 is 0 Å². The van der Waals surface area contributed by atoms with Gasteiger partial charge in [-0.1, -0.05) is 122 Å². The predicted octanol–water partition coefficient (Wildman–Crippen LogP) is 13.7. The third-order valence-electron chi connectivity index (χ3n) is 9.54. The summed E-state index contributed by atoms with van der Waals surface area (Å²) in [5.41, 5.74) is 16.9. The largest absolute Gasteiger partial charge is 0.310 e. The maximum Gasteiger partial charge on any atom is 0.0464 e. The molecule has 7 aromatic carbocycles. The monoisotopic (exact) mass is 648 g/mol. The SMILES string of the molecule is CCc1cccc(N(c2ccc(C)cc2)c2ccc(-c3ccc(-c4ccc(N(c5ccc(C)cc5)c5cccc(CC)c5)cc4)cc3)cc2)c1. The van der Waals surface area contributed by atoms with Crippen LogP contribution in [0.25, 0.3) is 22.3 Å². The molecule has 0 saturated carbocycles. The standard InChI is InChI=1S/C48H44N2/c1-5-37-9-7-11-47(33-37)49(43-25-13-35(3)14-26-43)45-29-21-41(22-30-45)39-17-19-40(20-18-39)42-23-31-46(32-24-42)50(44-27-15-36(4)16-28-44)48-12-8-10-38(6-2)34-48/h7-34H,5-6H2,1-4H3. The first-order valence-corrected chi connectivity index (χ1v) is 17.7. The van der Waals surface area contributed by atoms with Gasteiger partial charge in [-0.15, -0.1) is 0 Å². The molecule has 7 rings (SSSR count). The highest BCUT2D eigenvalue weighted by Crippen LogP contribution is 2.38. The topological polar surface area (TPSA) is 6.48 Å². The summed E-state index contributed by atoms with van der Waals surface area (Å²) < 4.78 is 0. The molecule has 0 spiro atoms. The van der Waals surface area contributed by atoms with E-state index in [1.165, 1.54) is 55.9 Å². The zero-order valence-electron chi connectivity index (χ0n) is 29.5. The molecule has 0 unspecified atom stereocenters. The third-order valence-corrected chi connectivity index (χ3v) is 9.54. The lowest BCUT2D eigenvalue weighted by Crippen LogP contribution is -2.10. The van der Waals surface area contributed by atoms with Gasteiger partial charge in [0.15, 0.2) is 0 Å². The molecule has 0 radical (unpaired) electrons. The van der Waals surface area contributed by atoms with Crippen LogP contribution in [0.3, 0.4) is 0 Å². The van der Waals surface area contributed by atoms with Crippen molar-refractivity contribution in [3.63, 3.8) is 0 Å². The number of hydrogen-bond acceptors (Lipinski definition) is 2. The van der Waals surface area contributed by atoms with Crippen molar-refractivity contribution in [1.29, 1.82) is 0 Å². The van der Waals surface area contributed by atoms with Crippen molar-refractivity contribution < 1.29 is 0 Å². The van der Waals surface area contributed by atoms with Crippen LogP contribution in [0.2, 0.25) is 0 Å². The molecule has 50 heavy (non-hydrogen) atoms. The van der Waals surface area contributed by atoms with Crippen molar-refractivity contribution >= 4 is 34.1 Å². The van der Waals surface area contributed by atoms with Crippen molar-refractivity contribution in [2.75, 3.05) is 9.80 Å². The van der Waals surface area contributed by atoms with E-state index in [2.05, 4.69) is 207 Å². The van der Waals surface area contributed by atoms with E-state index in [0.29, 0.717) is 0 Å². The van der Waals surface area contributed by atoms with E-state index in [-0.39, 0.29) is 0 Å². The van der Waals surface area contributed by atoms with E-state index in [4.69, 9.17) is 0 Å². The Morgan fingerprint density at radius 1 is 0.320 bits per heavy atom. The summed E-state index contributed by atoms with van der Waals surface area (Å²) in [5.74, 6) is 0. The summed E-state index contributed by atoms with van der Waals surface area (Å²) in [4.78, 5) is 4.69. The summed E-state index contributed by atoms with van der Waals surface area (Å²) in [5, 5.41) is 0. The zero-order valence-corrected chi connectivity index (χ0v) is 29.5. The average molecular weight is 649 g/mol. The van der Waals surface area contributed by atoms with Gasteiger partial charge in [-0.2, -0.15) is 0 Å². The van der Waals surface area contributed by atoms with Crippen molar-refractivity contribution in [2.24, 2.45) is 0 Å². The Balaban J connectivity index is 1.14. The number of rotatable bonds is 10. The van der Waals surface area contributed by atoms with Gasteiger partial charge < -0.3 is 9.80 Å². The van der Waals surface area contributed by atoms with Crippen molar-refractivity contribution in [3.05, 3.63) is 192 Å². The molecule has 0 amide bonds. The van der Waals surface area contributed by atoms with Gasteiger partial charge in [0.1, 0.15) is 0 Å². The van der Waals surface area contributed by atoms with Gasteiger partial charge in [0, 0.05) is 34.1 Å². The minimum Gasteiger partial charge on any atom is -0.310 e. The molecule has 246 valence electrons. The van der Waals surface area contributed by atoms with Crippen LogP contribution in [0.5, 0.6) is 0 Å². The maximum atomic E-state index is 2.34. The Bertz CT molecular complexity index is 2000. The molecule has 0 atom stereocenters. The smallest absolute Gasteiger partial charge is 0.0464 e. The molecule has 2 heteroatoms. The van der Waals surface area contributed by atoms with E-state index in [9.17, 15) is 0 Å². The van der Waals surface area contributed by atoms with Gasteiger partial charge in [0.25, 0.3) is 0 Å². The highest BCUT2D eigenvalue weighted by molar-refractivity contribution is 5.81. The number of nitrogens with zero attached hydrogens (tertiary/aromatic N) is 2. The second-order valence-electron chi connectivity index (χ2n) is 13.1. The van der Waals surface area contributed by atoms with Gasteiger partial charge in [-0.05, 0) is 133 Å². The maximum absolute atomic E-state index is 2.34. The van der Waals surface area contributed by atoms with Crippen LogP contribution >= 0.6 is 0 Å². The van der Waals surface area contributed by atoms with E-state index in [1.807, 2.05) is 0 Å². The van der Waals surface area contributed by atoms with Crippen LogP contribution in [-0.2, 0) is 12.8 Å². The molecule has 0 heterocycles. The Hall–Kier alpha value is -5.86. The molecule has 0 bridgehead atoms. The second-order valence-corrected chi connectivity index (χ2v) is 13.1. The molecular formula is C48H44N2. The molecule has 0 aliphatic rings. The second kappa shape index (κ2) is 14.7. The molecule has 0 aliphatic heterocycles. The van der Waals surface area contributed by atoms with Gasteiger partial charge in [-0.3, -0.25) is 0 Å². The van der Waals surface area contributed by atoms with E-state index in [1.54, 1.807) is 0 Å². The zero-order chi connectivity index (χ0) is 34.5. The van der Waals surface area contributed by atoms with Crippen molar-refractivity contribution in [2.45, 2.75) is 40.5 Å². The quantitative estimate of drug-likeness (QED) is 0.146. The van der Waals surface area contributed by atoms with E-state index in [0.717, 1.165) is 35.6 Å². The molecule has 0 saturated heterocycles. The normalized spacial score (nSPS) is 11.0. The predicted molar refractivity (Wildman–Crippen MR) is 215 cm³/mol. The number of anilines is 6. The fourth-order valence-corrected chi connectivity index (χ4v) is 6.57. The van der Waals surface area contributed by atoms with Crippen molar-refractivity contribution in [1.82, 2.24) is 0 Å². The summed E-state index contributed by atoms with van der Waals surface area (Å²) in [6.45, 7) is 8.68. The minimum absolute atomic E-state index is 1.01. The lowest BCUT2D eigenvalue weighted by atomic mass is 9.99. The number of aryl methyl sites for hydroxylation is 4. The minimum atomic E-state index is 1.01. The number of benzene rings is 7. The summed E-state index contributed by atoms with van der Waals surface area (Å²) in [6, 6.07) is 62.0. The fraction of sp³-hybridized carbons (Fsp3) is 0.125. The van der Waals surface area contributed by atoms with Gasteiger partial charge in [0.2, 0.25) is 0 Å². The van der Waals surface area contributed by atoms with Crippen LogP contribution in [0.15, 0.2) is 170 Å². The van der Waals surface area contributed by atoms with Crippen LogP contribution in [0.4, 0.5) is 34.1 Å². The molecule has 2 nitrogen and oxygen atoms in total. The Morgan fingerprint density at radius 2 is 0.600 bits per heavy atom. The van der Waals surface area contributed by atoms with Crippen molar-refractivity contribution in [3.8, 4) is 22.3 Å². The first-order valence-electron chi connectivity index (χ1n) is 17.7. The van der Waals surface area contributed by atoms with Crippen LogP contribution in [0.1, 0.15) is 36.1 Å². The van der Waals surface area contributed by atoms with Crippen LogP contribution < -0.4 is 9.80 Å². The third kappa shape index (κ3) is 7.11. The van der Waals surface area contributed by atoms with E-state index >= 15 is 0 Å². The average Bonchev–Trinajstić information content (AvgIpc) is 3.17. The van der Waals surface area contributed by atoms with Crippen LogP contribution in [-0.4, -0.2) is 0 Å². The molecule has 0 fully saturated rings. The summed E-state index contributed by atoms with van der Waals surface area (Å²) >= 11 is 0. The first kappa shape index (κ1) is 32.7. The first-order chi connectivity index (χ1) is 24.5.